The van der Waals surface area contributed by atoms with Gasteiger partial charge in [-0.2, -0.15) is 0 Å². The monoisotopic (exact) mass is 542 g/mol. The number of hydrogen-bond donors (Lipinski definition) is 5. The number of amides is 2. The number of fused-ring (bicyclic) bond motifs is 1. The summed E-state index contributed by atoms with van der Waals surface area (Å²) in [5, 5.41) is 16.5. The molecule has 2 unspecified atom stereocenters. The summed E-state index contributed by atoms with van der Waals surface area (Å²) in [6.45, 7) is 2.29. The molecule has 0 aliphatic rings. The highest BCUT2D eigenvalue weighted by Gasteiger charge is 2.19. The normalized spacial score (nSPS) is 12.7. The van der Waals surface area contributed by atoms with Crippen molar-refractivity contribution < 1.29 is 34.0 Å². The molecule has 2 amide bonds. The summed E-state index contributed by atoms with van der Waals surface area (Å²) >= 11 is 6.05. The molecular formula is C23H32ClN4O7P. The van der Waals surface area contributed by atoms with E-state index in [1.807, 2.05) is 25.1 Å². The lowest BCUT2D eigenvalue weighted by Gasteiger charge is -2.23. The Balaban J connectivity index is 1.75. The Hall–Kier alpha value is -2.56. The van der Waals surface area contributed by atoms with E-state index in [1.54, 1.807) is 12.3 Å². The molecule has 1 aromatic carbocycles. The molecule has 1 aromatic heterocycles. The number of hydrogen-bond acceptors (Lipinski definition) is 9. The van der Waals surface area contributed by atoms with Gasteiger partial charge in [0.25, 0.3) is 0 Å². The van der Waals surface area contributed by atoms with E-state index in [1.165, 1.54) is 4.90 Å². The van der Waals surface area contributed by atoms with Gasteiger partial charge in [-0.15, -0.1) is 0 Å². The predicted molar refractivity (Wildman–Crippen MR) is 138 cm³/mol. The van der Waals surface area contributed by atoms with E-state index in [0.717, 1.165) is 23.0 Å². The van der Waals surface area contributed by atoms with Gasteiger partial charge in [-0.05, 0) is 50.5 Å². The number of benzene rings is 1. The van der Waals surface area contributed by atoms with Crippen molar-refractivity contribution in [3.05, 3.63) is 35.5 Å². The van der Waals surface area contributed by atoms with Crippen LogP contribution < -0.4 is 10.6 Å². The Kier molecular flexibility index (Phi) is 12.8. The van der Waals surface area contributed by atoms with Crippen molar-refractivity contribution in [2.24, 2.45) is 0 Å². The Morgan fingerprint density at radius 3 is 2.72 bits per heavy atom. The minimum atomic E-state index is -2.60. The van der Waals surface area contributed by atoms with Crippen molar-refractivity contribution >= 4 is 54.9 Å². The summed E-state index contributed by atoms with van der Waals surface area (Å²) in [4.78, 5) is 58.6. The van der Waals surface area contributed by atoms with E-state index in [2.05, 4.69) is 15.6 Å². The van der Waals surface area contributed by atoms with Crippen LogP contribution >= 0.6 is 20.0 Å². The predicted octanol–water partition coefficient (Wildman–Crippen LogP) is 2.62. The molecule has 0 spiro atoms. The van der Waals surface area contributed by atoms with Crippen LogP contribution in [0, 0.1) is 0 Å². The highest BCUT2D eigenvalue weighted by atomic mass is 35.5. The Morgan fingerprint density at radius 1 is 1.25 bits per heavy atom. The maximum absolute atomic E-state index is 12.4. The number of ether oxygens (including phenoxy) is 1. The smallest absolute Gasteiger partial charge is 0.409 e. The molecule has 198 valence electrons. The SMILES string of the molecule is CC(CCCN(CCO)C(=O)OCCCC(=O)NC(C=O)P(O)O)Nc1ccnc2cc(Cl)ccc12. The zero-order valence-electron chi connectivity index (χ0n) is 20.0. The first-order chi connectivity index (χ1) is 17.2. The lowest BCUT2D eigenvalue weighted by molar-refractivity contribution is -0.123. The number of rotatable bonds is 15. The second-order valence-electron chi connectivity index (χ2n) is 8.10. The molecule has 0 aliphatic heterocycles. The zero-order valence-corrected chi connectivity index (χ0v) is 21.6. The third-order valence-electron chi connectivity index (χ3n) is 5.26. The molecule has 1 heterocycles. The maximum Gasteiger partial charge on any atom is 0.409 e. The average molecular weight is 543 g/mol. The van der Waals surface area contributed by atoms with Crippen LogP contribution in [-0.4, -0.2) is 81.2 Å². The molecule has 13 heteroatoms. The van der Waals surface area contributed by atoms with Crippen molar-refractivity contribution in [1.29, 1.82) is 0 Å². The minimum absolute atomic E-state index is 0.0377. The van der Waals surface area contributed by atoms with Gasteiger partial charge in [-0.3, -0.25) is 9.78 Å². The molecule has 11 nitrogen and oxygen atoms in total. The van der Waals surface area contributed by atoms with Gasteiger partial charge in [-0.25, -0.2) is 4.79 Å². The molecule has 0 saturated heterocycles. The van der Waals surface area contributed by atoms with E-state index in [0.29, 0.717) is 18.0 Å². The van der Waals surface area contributed by atoms with Crippen molar-refractivity contribution in [2.45, 2.75) is 44.4 Å². The topological polar surface area (TPSA) is 161 Å². The fourth-order valence-electron chi connectivity index (χ4n) is 3.45. The van der Waals surface area contributed by atoms with Crippen molar-refractivity contribution in [3.8, 4) is 0 Å². The fraction of sp³-hybridized carbons (Fsp3) is 0.478. The molecular weight excluding hydrogens is 511 g/mol. The quantitative estimate of drug-likeness (QED) is 0.129. The van der Waals surface area contributed by atoms with Gasteiger partial charge in [0, 0.05) is 47.8 Å². The molecule has 2 atom stereocenters. The summed E-state index contributed by atoms with van der Waals surface area (Å²) in [6.07, 6.45) is 2.93. The van der Waals surface area contributed by atoms with E-state index in [4.69, 9.17) is 26.1 Å². The number of aromatic nitrogens is 1. The number of carbonyl (C=O) groups excluding carboxylic acids is 3. The third kappa shape index (κ3) is 9.83. The standard InChI is InChI=1S/C23H32ClN4O7P/c1-16(26-19-8-9-25-20-14-17(24)6-7-18(19)20)4-2-10-28(11-12-29)23(32)35-13-3-5-21(31)27-22(15-30)36(33)34/h6-9,14-16,22,29,33-34H,2-5,10-13H2,1H3,(H,25,26)(H,27,31). The van der Waals surface area contributed by atoms with Crippen LogP contribution in [0.1, 0.15) is 32.6 Å². The van der Waals surface area contributed by atoms with E-state index in [9.17, 15) is 19.5 Å². The van der Waals surface area contributed by atoms with Gasteiger partial charge in [0.05, 0.1) is 18.7 Å². The Morgan fingerprint density at radius 2 is 2.03 bits per heavy atom. The first-order valence-electron chi connectivity index (χ1n) is 11.5. The number of carbonyl (C=O) groups is 3. The molecule has 0 radical (unpaired) electrons. The van der Waals surface area contributed by atoms with E-state index >= 15 is 0 Å². The average Bonchev–Trinajstić information content (AvgIpc) is 2.84. The number of pyridine rings is 1. The maximum atomic E-state index is 12.4. The highest BCUT2D eigenvalue weighted by molar-refractivity contribution is 7.47. The number of aldehydes is 1. The van der Waals surface area contributed by atoms with E-state index in [-0.39, 0.29) is 44.9 Å². The van der Waals surface area contributed by atoms with Crippen LogP contribution in [0.5, 0.6) is 0 Å². The van der Waals surface area contributed by atoms with E-state index < -0.39 is 26.2 Å². The molecule has 2 aromatic rings. The van der Waals surface area contributed by atoms with Gasteiger partial charge >= 0.3 is 6.09 Å². The first kappa shape index (κ1) is 29.7. The largest absolute Gasteiger partial charge is 0.449 e. The third-order valence-corrected chi connectivity index (χ3v) is 6.24. The number of halogens is 1. The van der Waals surface area contributed by atoms with Crippen LogP contribution in [0.3, 0.4) is 0 Å². The van der Waals surface area contributed by atoms with Gasteiger partial charge in [0.15, 0.2) is 20.4 Å². The number of nitrogens with zero attached hydrogens (tertiary/aromatic N) is 2. The summed E-state index contributed by atoms with van der Waals surface area (Å²) in [5.41, 5.74) is 1.73. The van der Waals surface area contributed by atoms with Crippen LogP contribution in [0.2, 0.25) is 5.02 Å². The van der Waals surface area contributed by atoms with Crippen LogP contribution in [0.15, 0.2) is 30.5 Å². The van der Waals surface area contributed by atoms with Crippen LogP contribution in [0.4, 0.5) is 10.5 Å². The summed E-state index contributed by atoms with van der Waals surface area (Å²) in [6, 6.07) is 7.54. The number of aliphatic hydroxyl groups excluding tert-OH is 1. The van der Waals surface area contributed by atoms with Gasteiger partial charge < -0.3 is 40.0 Å². The molecule has 0 aliphatic carbocycles. The lowest BCUT2D eigenvalue weighted by Crippen LogP contribution is -2.36. The van der Waals surface area contributed by atoms with Gasteiger partial charge in [0.2, 0.25) is 5.91 Å². The Labute approximate surface area is 215 Å². The highest BCUT2D eigenvalue weighted by Crippen LogP contribution is 2.27. The zero-order chi connectivity index (χ0) is 26.5. The number of nitrogens with one attached hydrogen (secondary N) is 2. The van der Waals surface area contributed by atoms with Crippen molar-refractivity contribution in [2.75, 3.05) is 31.6 Å². The van der Waals surface area contributed by atoms with Crippen molar-refractivity contribution in [1.82, 2.24) is 15.2 Å². The molecule has 5 N–H and O–H groups in total. The van der Waals surface area contributed by atoms with Crippen LogP contribution in [0.25, 0.3) is 10.9 Å². The number of aliphatic hydroxyl groups is 1. The molecule has 0 saturated carbocycles. The molecule has 0 fully saturated rings. The second-order valence-corrected chi connectivity index (χ2v) is 9.74. The molecule has 2 rings (SSSR count). The summed E-state index contributed by atoms with van der Waals surface area (Å²) in [7, 11) is -2.60. The number of anilines is 1. The van der Waals surface area contributed by atoms with Gasteiger partial charge in [-0.1, -0.05) is 11.6 Å². The summed E-state index contributed by atoms with van der Waals surface area (Å²) in [5.74, 6) is -1.90. The van der Waals surface area contributed by atoms with Crippen LogP contribution in [-0.2, 0) is 14.3 Å². The van der Waals surface area contributed by atoms with Gasteiger partial charge in [0.1, 0.15) is 0 Å². The Bertz CT molecular complexity index is 1010. The first-order valence-corrected chi connectivity index (χ1v) is 13.2. The fourth-order valence-corrected chi connectivity index (χ4v) is 3.99. The molecule has 36 heavy (non-hydrogen) atoms. The molecule has 0 bridgehead atoms. The second kappa shape index (κ2) is 15.5. The minimum Gasteiger partial charge on any atom is -0.449 e. The van der Waals surface area contributed by atoms with Crippen molar-refractivity contribution in [3.63, 3.8) is 0 Å². The summed E-state index contributed by atoms with van der Waals surface area (Å²) < 4.78 is 5.20. The lowest BCUT2D eigenvalue weighted by atomic mass is 10.1.